The molecule has 3 aromatic rings. The summed E-state index contributed by atoms with van der Waals surface area (Å²) in [7, 11) is 5.23. The maximum Gasteiger partial charge on any atom is 0.337 e. The molecule has 2 aromatic carbocycles. The predicted octanol–water partition coefficient (Wildman–Crippen LogP) is 4.58. The predicted molar refractivity (Wildman–Crippen MR) is 126 cm³/mol. The number of aryl methyl sites for hydroxylation is 1. The van der Waals surface area contributed by atoms with E-state index in [4.69, 9.17) is 9.47 Å². The Labute approximate surface area is 188 Å². The van der Waals surface area contributed by atoms with Crippen molar-refractivity contribution in [2.24, 2.45) is 0 Å². The van der Waals surface area contributed by atoms with Gasteiger partial charge in [0.05, 0.1) is 18.8 Å². The lowest BCUT2D eigenvalue weighted by molar-refractivity contribution is 0.00676. The molecule has 32 heavy (non-hydrogen) atoms. The van der Waals surface area contributed by atoms with Gasteiger partial charge in [0, 0.05) is 61.6 Å². The molecule has 0 amide bonds. The summed E-state index contributed by atoms with van der Waals surface area (Å²) in [6.45, 7) is 3.69. The number of aromatic amines is 1. The van der Waals surface area contributed by atoms with Crippen LogP contribution in [0.1, 0.15) is 45.9 Å². The Kier molecular flexibility index (Phi) is 6.39. The second-order valence-corrected chi connectivity index (χ2v) is 8.37. The zero-order valence-electron chi connectivity index (χ0n) is 19.1. The fourth-order valence-electron chi connectivity index (χ4n) is 4.88. The van der Waals surface area contributed by atoms with Crippen molar-refractivity contribution in [2.75, 3.05) is 33.1 Å². The van der Waals surface area contributed by atoms with Crippen molar-refractivity contribution in [3.05, 3.63) is 58.8 Å². The van der Waals surface area contributed by atoms with E-state index in [0.717, 1.165) is 53.9 Å². The number of methoxy groups -OCH3 is 2. The van der Waals surface area contributed by atoms with Crippen molar-refractivity contribution in [3.8, 4) is 5.75 Å². The highest BCUT2D eigenvalue weighted by molar-refractivity contribution is 5.94. The van der Waals surface area contributed by atoms with Crippen LogP contribution in [0.3, 0.4) is 0 Å². The first-order valence-electron chi connectivity index (χ1n) is 10.9. The van der Waals surface area contributed by atoms with Crippen LogP contribution < -0.4 is 10.1 Å². The number of nitrogens with one attached hydrogen (secondary N) is 2. The van der Waals surface area contributed by atoms with Gasteiger partial charge in [-0.25, -0.2) is 4.79 Å². The molecule has 0 spiro atoms. The molecule has 0 aliphatic carbocycles. The summed E-state index contributed by atoms with van der Waals surface area (Å²) >= 11 is 0. The van der Waals surface area contributed by atoms with E-state index in [1.165, 1.54) is 5.39 Å². The number of rotatable bonds is 7. The number of anilines is 1. The number of carboxylic acid groups (broad SMARTS) is 1. The normalized spacial score (nSPS) is 19.2. The first kappa shape index (κ1) is 22.2. The molecule has 3 N–H and O–H groups in total. The number of nitrogens with zero attached hydrogens (tertiary/aromatic N) is 1. The lowest BCUT2D eigenvalue weighted by atomic mass is 9.91. The van der Waals surface area contributed by atoms with Crippen molar-refractivity contribution >= 4 is 22.6 Å². The van der Waals surface area contributed by atoms with E-state index in [9.17, 15) is 9.90 Å². The number of carboxylic acids is 1. The molecular formula is C25H31N3O4. The minimum Gasteiger partial charge on any atom is -0.496 e. The molecule has 4 rings (SSSR count). The summed E-state index contributed by atoms with van der Waals surface area (Å²) in [6.07, 6.45) is 3.93. The van der Waals surface area contributed by atoms with Crippen LogP contribution >= 0.6 is 0 Å². The minimum absolute atomic E-state index is 0.101. The van der Waals surface area contributed by atoms with Gasteiger partial charge in [-0.15, -0.1) is 0 Å². The quantitative estimate of drug-likeness (QED) is 0.502. The first-order chi connectivity index (χ1) is 15.5. The second-order valence-electron chi connectivity index (χ2n) is 8.37. The van der Waals surface area contributed by atoms with Crippen molar-refractivity contribution in [2.45, 2.75) is 38.5 Å². The largest absolute Gasteiger partial charge is 0.496 e. The molecule has 7 nitrogen and oxygen atoms in total. The zero-order chi connectivity index (χ0) is 22.8. The molecule has 170 valence electrons. The molecule has 1 fully saturated rings. The van der Waals surface area contributed by atoms with Crippen LogP contribution in [0.5, 0.6) is 5.75 Å². The van der Waals surface area contributed by atoms with Crippen LogP contribution in [0.4, 0.5) is 5.69 Å². The molecule has 2 atom stereocenters. The molecule has 1 aliphatic heterocycles. The van der Waals surface area contributed by atoms with Crippen LogP contribution in [0.15, 0.2) is 36.5 Å². The fraction of sp³-hybridized carbons (Fsp3) is 0.400. The van der Waals surface area contributed by atoms with Crippen molar-refractivity contribution in [1.82, 2.24) is 9.88 Å². The number of carbonyl (C=O) groups is 1. The van der Waals surface area contributed by atoms with E-state index >= 15 is 0 Å². The van der Waals surface area contributed by atoms with E-state index in [1.807, 2.05) is 18.3 Å². The lowest BCUT2D eigenvalue weighted by Crippen LogP contribution is -2.39. The van der Waals surface area contributed by atoms with Gasteiger partial charge in [-0.3, -0.25) is 4.90 Å². The number of piperidine rings is 1. The summed E-state index contributed by atoms with van der Waals surface area (Å²) in [6, 6.07) is 9.87. The Morgan fingerprint density at radius 2 is 2.09 bits per heavy atom. The number of fused-ring (bicyclic) bond motifs is 1. The number of aromatic nitrogens is 1. The molecule has 0 bridgehead atoms. The highest BCUT2D eigenvalue weighted by Gasteiger charge is 2.31. The third-order valence-corrected chi connectivity index (χ3v) is 6.62. The maximum absolute atomic E-state index is 11.6. The van der Waals surface area contributed by atoms with E-state index < -0.39 is 5.97 Å². The number of H-pyrrole nitrogens is 1. The highest BCUT2D eigenvalue weighted by Crippen LogP contribution is 2.38. The third kappa shape index (κ3) is 4.06. The van der Waals surface area contributed by atoms with E-state index in [2.05, 4.69) is 34.3 Å². The number of likely N-dealkylation sites (tertiary alicyclic amines) is 1. The monoisotopic (exact) mass is 437 g/mol. The SMILES string of the molecule is CNc1cc([C@@H]2CC(OC)CCN2Cc2c(OC)cc(C)c3[nH]ccc23)ccc1C(=O)O. The summed E-state index contributed by atoms with van der Waals surface area (Å²) in [5, 5.41) is 13.7. The van der Waals surface area contributed by atoms with Crippen molar-refractivity contribution in [3.63, 3.8) is 0 Å². The number of hydrogen-bond donors (Lipinski definition) is 3. The number of aromatic carboxylic acids is 1. The van der Waals surface area contributed by atoms with Crippen LogP contribution in [0, 0.1) is 6.92 Å². The first-order valence-corrected chi connectivity index (χ1v) is 10.9. The molecule has 1 unspecified atom stereocenters. The standard InChI is InChI=1S/C25H31N3O4/c1-15-11-23(32-4)20(18-7-9-27-24(15)18)14-28-10-8-17(31-3)13-22(28)16-5-6-19(25(29)30)21(12-16)26-2/h5-7,9,11-12,17,22,26-27H,8,10,13-14H2,1-4H3,(H,29,30)/t17?,22-/m0/s1. The summed E-state index contributed by atoms with van der Waals surface area (Å²) in [4.78, 5) is 17.4. The maximum atomic E-state index is 11.6. The molecule has 0 saturated carbocycles. The van der Waals surface area contributed by atoms with Crippen LogP contribution in [0.25, 0.3) is 10.9 Å². The van der Waals surface area contributed by atoms with Gasteiger partial charge >= 0.3 is 5.97 Å². The number of benzene rings is 2. The van der Waals surface area contributed by atoms with Gasteiger partial charge in [-0.2, -0.15) is 0 Å². The Hall–Kier alpha value is -3.03. The molecule has 2 heterocycles. The third-order valence-electron chi connectivity index (χ3n) is 6.62. The lowest BCUT2D eigenvalue weighted by Gasteiger charge is -2.40. The highest BCUT2D eigenvalue weighted by atomic mass is 16.5. The molecule has 1 aromatic heterocycles. The average molecular weight is 438 g/mol. The fourth-order valence-corrected chi connectivity index (χ4v) is 4.88. The molecule has 1 aliphatic rings. The average Bonchev–Trinajstić information content (AvgIpc) is 3.31. The summed E-state index contributed by atoms with van der Waals surface area (Å²) in [5.74, 6) is -0.0465. The summed E-state index contributed by atoms with van der Waals surface area (Å²) in [5.41, 5.74) is 5.42. The van der Waals surface area contributed by atoms with Crippen molar-refractivity contribution in [1.29, 1.82) is 0 Å². The second kappa shape index (κ2) is 9.22. The number of hydrogen-bond acceptors (Lipinski definition) is 5. The Morgan fingerprint density at radius 3 is 2.78 bits per heavy atom. The molecular weight excluding hydrogens is 406 g/mol. The van der Waals surface area contributed by atoms with Gasteiger partial charge < -0.3 is 24.9 Å². The van der Waals surface area contributed by atoms with Crippen LogP contribution in [-0.2, 0) is 11.3 Å². The topological polar surface area (TPSA) is 86.8 Å². The number of ether oxygens (including phenoxy) is 2. The minimum atomic E-state index is -0.935. The Morgan fingerprint density at radius 1 is 1.28 bits per heavy atom. The molecule has 0 radical (unpaired) electrons. The van der Waals surface area contributed by atoms with Gasteiger partial charge in [0.2, 0.25) is 0 Å². The van der Waals surface area contributed by atoms with Crippen LogP contribution in [0.2, 0.25) is 0 Å². The molecule has 7 heteroatoms. The van der Waals surface area contributed by atoms with Crippen molar-refractivity contribution < 1.29 is 19.4 Å². The smallest absolute Gasteiger partial charge is 0.337 e. The van der Waals surface area contributed by atoms with Gasteiger partial charge in [-0.1, -0.05) is 6.07 Å². The van der Waals surface area contributed by atoms with Gasteiger partial charge in [0.15, 0.2) is 0 Å². The summed E-state index contributed by atoms with van der Waals surface area (Å²) < 4.78 is 11.5. The van der Waals surface area contributed by atoms with Crippen LogP contribution in [-0.4, -0.2) is 54.9 Å². The van der Waals surface area contributed by atoms with E-state index in [1.54, 1.807) is 27.3 Å². The van der Waals surface area contributed by atoms with Gasteiger partial charge in [0.1, 0.15) is 5.75 Å². The van der Waals surface area contributed by atoms with E-state index in [-0.39, 0.29) is 17.7 Å². The van der Waals surface area contributed by atoms with Gasteiger partial charge in [0.25, 0.3) is 0 Å². The Bertz CT molecular complexity index is 1120. The van der Waals surface area contributed by atoms with E-state index in [0.29, 0.717) is 5.69 Å². The Balaban J connectivity index is 1.74. The zero-order valence-corrected chi connectivity index (χ0v) is 19.1. The molecule has 1 saturated heterocycles. The van der Waals surface area contributed by atoms with Gasteiger partial charge in [-0.05, 0) is 55.2 Å².